The Morgan fingerprint density at radius 1 is 0.455 bits per heavy atom. The van der Waals surface area contributed by atoms with Gasteiger partial charge in [0.2, 0.25) is 0 Å². The van der Waals surface area contributed by atoms with Crippen LogP contribution in [0.2, 0.25) is 0 Å². The third kappa shape index (κ3) is 4.80. The fraction of sp³-hybridized carbons (Fsp3) is 0.172. The first-order valence-electron chi connectivity index (χ1n) is 10.9. The minimum Gasteiger partial charge on any atom is -0.508 e. The number of aromatic hydroxyl groups is 4. The van der Waals surface area contributed by atoms with Crippen molar-refractivity contribution in [2.24, 2.45) is 0 Å². The van der Waals surface area contributed by atoms with Crippen molar-refractivity contribution in [3.05, 3.63) is 106 Å². The Morgan fingerprint density at radius 3 is 1.58 bits per heavy atom. The summed E-state index contributed by atoms with van der Waals surface area (Å²) in [6, 6.07) is 20.0. The van der Waals surface area contributed by atoms with Crippen LogP contribution in [0.15, 0.2) is 66.7 Å². The lowest BCUT2D eigenvalue weighted by molar-refractivity contribution is 0.468. The molecule has 0 saturated carbocycles. The first-order chi connectivity index (χ1) is 15.7. The van der Waals surface area contributed by atoms with Gasteiger partial charge in [-0.1, -0.05) is 24.3 Å². The maximum absolute atomic E-state index is 10.5. The molecule has 4 N–H and O–H groups in total. The molecule has 0 heterocycles. The molecule has 0 radical (unpaired) electrons. The predicted molar refractivity (Wildman–Crippen MR) is 131 cm³/mol. The smallest absolute Gasteiger partial charge is 0.119 e. The average molecular weight is 441 g/mol. The molecule has 4 heteroatoms. The van der Waals surface area contributed by atoms with Crippen molar-refractivity contribution in [1.82, 2.24) is 0 Å². The Hall–Kier alpha value is -3.92. The van der Waals surface area contributed by atoms with Gasteiger partial charge in [0.1, 0.15) is 23.0 Å². The van der Waals surface area contributed by atoms with Crippen LogP contribution >= 0.6 is 0 Å². The molecule has 168 valence electrons. The molecule has 0 saturated heterocycles. The van der Waals surface area contributed by atoms with Gasteiger partial charge >= 0.3 is 0 Å². The van der Waals surface area contributed by atoms with Crippen LogP contribution in [-0.4, -0.2) is 20.4 Å². The molecule has 0 aromatic heterocycles. The lowest BCUT2D eigenvalue weighted by Crippen LogP contribution is -1.95. The van der Waals surface area contributed by atoms with Crippen LogP contribution in [0.25, 0.3) is 11.1 Å². The highest BCUT2D eigenvalue weighted by atomic mass is 16.3. The highest BCUT2D eigenvalue weighted by Crippen LogP contribution is 2.33. The molecule has 0 aliphatic carbocycles. The highest BCUT2D eigenvalue weighted by molar-refractivity contribution is 5.68. The van der Waals surface area contributed by atoms with Crippen molar-refractivity contribution in [2.75, 3.05) is 0 Å². The summed E-state index contributed by atoms with van der Waals surface area (Å²) in [6.07, 6.45) is 1.09. The zero-order valence-corrected chi connectivity index (χ0v) is 19.1. The molecular formula is C29H28O4. The Bertz CT molecular complexity index is 1340. The Balaban J connectivity index is 1.67. The maximum Gasteiger partial charge on any atom is 0.119 e. The van der Waals surface area contributed by atoms with Crippen molar-refractivity contribution in [2.45, 2.75) is 33.6 Å². The van der Waals surface area contributed by atoms with Gasteiger partial charge in [-0.3, -0.25) is 0 Å². The van der Waals surface area contributed by atoms with E-state index in [1.54, 1.807) is 30.3 Å². The summed E-state index contributed by atoms with van der Waals surface area (Å²) >= 11 is 0. The van der Waals surface area contributed by atoms with E-state index in [0.29, 0.717) is 12.8 Å². The number of phenolic OH excluding ortho intramolecular Hbond substituents is 4. The average Bonchev–Trinajstić information content (AvgIpc) is 2.77. The third-order valence-corrected chi connectivity index (χ3v) is 6.23. The highest BCUT2D eigenvalue weighted by Gasteiger charge is 2.12. The zero-order chi connectivity index (χ0) is 23.7. The largest absolute Gasteiger partial charge is 0.508 e. The van der Waals surface area contributed by atoms with E-state index in [1.807, 2.05) is 57.2 Å². The number of rotatable bonds is 5. The summed E-state index contributed by atoms with van der Waals surface area (Å²) in [5, 5.41) is 40.6. The van der Waals surface area contributed by atoms with Crippen LogP contribution in [0, 0.1) is 20.8 Å². The lowest BCUT2D eigenvalue weighted by atomic mass is 9.93. The van der Waals surface area contributed by atoms with Crippen molar-refractivity contribution in [1.29, 1.82) is 0 Å². The zero-order valence-electron chi connectivity index (χ0n) is 19.1. The number of hydrogen-bond donors (Lipinski definition) is 4. The molecule has 33 heavy (non-hydrogen) atoms. The molecule has 4 nitrogen and oxygen atoms in total. The minimum absolute atomic E-state index is 0.223. The van der Waals surface area contributed by atoms with E-state index < -0.39 is 0 Å². The van der Waals surface area contributed by atoms with E-state index in [1.165, 1.54) is 0 Å². The second kappa shape index (κ2) is 8.91. The molecular weight excluding hydrogens is 412 g/mol. The van der Waals surface area contributed by atoms with Crippen LogP contribution < -0.4 is 0 Å². The second-order valence-electron chi connectivity index (χ2n) is 8.72. The SMILES string of the molecule is Cc1cc(Cc2cc(-c3ccc(O)c(Cc4ccc(O)cc4C)c3)ccc2O)c(C)cc1O. The van der Waals surface area contributed by atoms with E-state index in [0.717, 1.165) is 50.1 Å². The molecule has 4 rings (SSSR count). The summed E-state index contributed by atoms with van der Waals surface area (Å²) in [6.45, 7) is 5.75. The Labute approximate surface area is 194 Å². The van der Waals surface area contributed by atoms with Gasteiger partial charge in [-0.2, -0.15) is 0 Å². The van der Waals surface area contributed by atoms with E-state index in [-0.39, 0.29) is 23.0 Å². The summed E-state index contributed by atoms with van der Waals surface area (Å²) in [7, 11) is 0. The first kappa shape index (κ1) is 22.3. The summed E-state index contributed by atoms with van der Waals surface area (Å²) in [5.41, 5.74) is 8.30. The summed E-state index contributed by atoms with van der Waals surface area (Å²) < 4.78 is 0. The van der Waals surface area contributed by atoms with Crippen LogP contribution in [-0.2, 0) is 12.8 Å². The van der Waals surface area contributed by atoms with E-state index >= 15 is 0 Å². The number of hydrogen-bond acceptors (Lipinski definition) is 4. The van der Waals surface area contributed by atoms with E-state index in [4.69, 9.17) is 0 Å². The van der Waals surface area contributed by atoms with Gasteiger partial charge < -0.3 is 20.4 Å². The van der Waals surface area contributed by atoms with Gasteiger partial charge in [0.25, 0.3) is 0 Å². The van der Waals surface area contributed by atoms with Crippen molar-refractivity contribution in [3.8, 4) is 34.1 Å². The van der Waals surface area contributed by atoms with Crippen molar-refractivity contribution < 1.29 is 20.4 Å². The summed E-state index contributed by atoms with van der Waals surface area (Å²) in [4.78, 5) is 0. The third-order valence-electron chi connectivity index (χ3n) is 6.23. The minimum atomic E-state index is 0.223. The normalized spacial score (nSPS) is 11.0. The maximum atomic E-state index is 10.5. The van der Waals surface area contributed by atoms with Gasteiger partial charge in [-0.25, -0.2) is 0 Å². The van der Waals surface area contributed by atoms with Crippen LogP contribution in [0.5, 0.6) is 23.0 Å². The van der Waals surface area contributed by atoms with Crippen molar-refractivity contribution >= 4 is 0 Å². The van der Waals surface area contributed by atoms with Gasteiger partial charge in [-0.15, -0.1) is 0 Å². The molecule has 0 bridgehead atoms. The molecule has 0 amide bonds. The number of aryl methyl sites for hydroxylation is 3. The molecule has 0 atom stereocenters. The summed E-state index contributed by atoms with van der Waals surface area (Å²) in [5.74, 6) is 0.947. The second-order valence-corrected chi connectivity index (χ2v) is 8.72. The molecule has 4 aromatic rings. The van der Waals surface area contributed by atoms with Crippen LogP contribution in [0.3, 0.4) is 0 Å². The predicted octanol–water partition coefficient (Wildman–Crippen LogP) is 6.28. The van der Waals surface area contributed by atoms with Gasteiger partial charge in [0, 0.05) is 12.8 Å². The molecule has 0 aliphatic heterocycles. The molecule has 4 aromatic carbocycles. The van der Waals surface area contributed by atoms with Gasteiger partial charge in [-0.05, 0) is 113 Å². The molecule has 0 aliphatic rings. The molecule has 0 unspecified atom stereocenters. The van der Waals surface area contributed by atoms with Gasteiger partial charge in [0.15, 0.2) is 0 Å². The first-order valence-corrected chi connectivity index (χ1v) is 10.9. The quantitative estimate of drug-likeness (QED) is 0.294. The molecule has 0 fully saturated rings. The van der Waals surface area contributed by atoms with Gasteiger partial charge in [0.05, 0.1) is 0 Å². The Morgan fingerprint density at radius 2 is 1.00 bits per heavy atom. The standard InChI is InChI=1S/C29H28O4/c1-17-11-26(30)7-4-20(17)13-24-14-21(5-8-27(24)31)22-6-9-28(32)25(15-22)16-23-10-19(3)29(33)12-18(23)2/h4-12,14-15,30-33H,13,16H2,1-3H3. The van der Waals surface area contributed by atoms with Crippen molar-refractivity contribution in [3.63, 3.8) is 0 Å². The monoisotopic (exact) mass is 440 g/mol. The van der Waals surface area contributed by atoms with E-state index in [9.17, 15) is 20.4 Å². The Kier molecular flexibility index (Phi) is 6.01. The van der Waals surface area contributed by atoms with Crippen LogP contribution in [0.1, 0.15) is 38.9 Å². The van der Waals surface area contributed by atoms with E-state index in [2.05, 4.69) is 0 Å². The fourth-order valence-electron chi connectivity index (χ4n) is 4.15. The molecule has 0 spiro atoms. The lowest BCUT2D eigenvalue weighted by Gasteiger charge is -2.13. The fourth-order valence-corrected chi connectivity index (χ4v) is 4.15. The topological polar surface area (TPSA) is 80.9 Å². The van der Waals surface area contributed by atoms with Crippen LogP contribution in [0.4, 0.5) is 0 Å². The number of benzene rings is 4. The number of phenols is 4.